The zero-order chi connectivity index (χ0) is 33.0. The van der Waals surface area contributed by atoms with Gasteiger partial charge >= 0.3 is 12.2 Å². The van der Waals surface area contributed by atoms with Crippen LogP contribution in [0.2, 0.25) is 25.7 Å². The Bertz CT molecular complexity index is 1380. The van der Waals surface area contributed by atoms with Gasteiger partial charge in [0.25, 0.3) is 0 Å². The summed E-state index contributed by atoms with van der Waals surface area (Å²) in [4.78, 5) is 29.6. The third kappa shape index (κ3) is 12.6. The van der Waals surface area contributed by atoms with Crippen molar-refractivity contribution in [2.45, 2.75) is 84.3 Å². The van der Waals surface area contributed by atoms with Crippen molar-refractivity contribution in [1.82, 2.24) is 14.9 Å². The first-order valence-corrected chi connectivity index (χ1v) is 19.0. The first-order chi connectivity index (χ1) is 21.2. The van der Waals surface area contributed by atoms with Crippen LogP contribution >= 0.6 is 0 Å². The second-order valence-electron chi connectivity index (χ2n) is 13.1. The van der Waals surface area contributed by atoms with Gasteiger partial charge in [-0.05, 0) is 63.4 Å². The lowest BCUT2D eigenvalue weighted by atomic mass is 10.1. The molecule has 0 saturated carbocycles. The van der Waals surface area contributed by atoms with Crippen molar-refractivity contribution in [2.75, 3.05) is 31.4 Å². The number of ether oxygens (including phenoxy) is 4. The van der Waals surface area contributed by atoms with E-state index in [1.807, 2.05) is 61.9 Å². The predicted molar refractivity (Wildman–Crippen MR) is 180 cm³/mol. The van der Waals surface area contributed by atoms with E-state index in [0.717, 1.165) is 11.6 Å². The van der Waals surface area contributed by atoms with Crippen molar-refractivity contribution in [3.8, 4) is 11.3 Å². The number of carbonyl (C=O) groups excluding carboxylic acids is 2. The predicted octanol–water partition coefficient (Wildman–Crippen LogP) is 7.19. The summed E-state index contributed by atoms with van der Waals surface area (Å²) < 4.78 is 24.2. The number of nitrogens with two attached hydrogens (primary N) is 1. The number of benzene rings is 2. The van der Waals surface area contributed by atoms with Gasteiger partial charge in [0.1, 0.15) is 18.2 Å². The van der Waals surface area contributed by atoms with Crippen LogP contribution in [-0.4, -0.2) is 55.7 Å². The summed E-state index contributed by atoms with van der Waals surface area (Å²) in [5.74, 6) is 0.614. The molecule has 0 aliphatic heterocycles. The van der Waals surface area contributed by atoms with Crippen molar-refractivity contribution >= 4 is 31.6 Å². The number of nitrogen functional groups attached to an aromatic ring is 1. The van der Waals surface area contributed by atoms with Gasteiger partial charge in [-0.25, -0.2) is 14.6 Å². The standard InChI is InChI=1S/C33H49N5O6Si/c1-33(2,3)44-32(40)37-28(14-11-17-42-22-24-12-9-8-10-13-24)30-36-29(21-38(30)23-43-18-19-45(5,6)7)26-16-15-25(20-27(26)34)35-31(39)41-4/h8-10,12-13,15-16,20-21,28H,11,14,17-19,22-23,34H2,1-7H3,(H,35,39)(H,37,40). The number of nitrogens with zero attached hydrogens (tertiary/aromatic N) is 2. The van der Waals surface area contributed by atoms with Crippen molar-refractivity contribution < 1.29 is 28.5 Å². The Morgan fingerprint density at radius 2 is 1.76 bits per heavy atom. The number of rotatable bonds is 15. The Labute approximate surface area is 267 Å². The molecule has 3 rings (SSSR count). The van der Waals surface area contributed by atoms with Crippen molar-refractivity contribution in [3.63, 3.8) is 0 Å². The minimum atomic E-state index is -1.29. The average molecular weight is 640 g/mol. The Hall–Kier alpha value is -3.87. The highest BCUT2D eigenvalue weighted by molar-refractivity contribution is 6.76. The number of aromatic nitrogens is 2. The molecule has 0 spiro atoms. The number of hydrogen-bond donors (Lipinski definition) is 3. The van der Waals surface area contributed by atoms with Crippen LogP contribution in [0.1, 0.15) is 51.0 Å². The van der Waals surface area contributed by atoms with Gasteiger partial charge in [-0.1, -0.05) is 50.0 Å². The van der Waals surface area contributed by atoms with Crippen molar-refractivity contribution in [2.24, 2.45) is 0 Å². The molecule has 11 nitrogen and oxygen atoms in total. The van der Waals surface area contributed by atoms with E-state index < -0.39 is 31.9 Å². The number of nitrogens with one attached hydrogen (secondary N) is 2. The number of amides is 2. The fourth-order valence-electron chi connectivity index (χ4n) is 4.39. The maximum Gasteiger partial charge on any atom is 0.411 e. The monoisotopic (exact) mass is 639 g/mol. The van der Waals surface area contributed by atoms with E-state index in [0.29, 0.717) is 61.1 Å². The molecule has 45 heavy (non-hydrogen) atoms. The zero-order valence-electron chi connectivity index (χ0n) is 27.6. The number of imidazole rings is 1. The van der Waals surface area contributed by atoms with Gasteiger partial charge in [-0.15, -0.1) is 0 Å². The molecule has 3 aromatic rings. The minimum Gasteiger partial charge on any atom is -0.453 e. The zero-order valence-corrected chi connectivity index (χ0v) is 28.6. The molecule has 0 radical (unpaired) electrons. The van der Waals surface area contributed by atoms with Crippen LogP contribution in [0.25, 0.3) is 11.3 Å². The highest BCUT2D eigenvalue weighted by atomic mass is 28.3. The largest absolute Gasteiger partial charge is 0.453 e. The van der Waals surface area contributed by atoms with E-state index in [1.165, 1.54) is 7.11 Å². The minimum absolute atomic E-state index is 0.256. The Kier molecular flexibility index (Phi) is 13.0. The maximum atomic E-state index is 13.0. The Morgan fingerprint density at radius 3 is 2.40 bits per heavy atom. The van der Waals surface area contributed by atoms with Crippen LogP contribution in [0.15, 0.2) is 54.7 Å². The van der Waals surface area contributed by atoms with Crippen molar-refractivity contribution in [1.29, 1.82) is 0 Å². The molecule has 1 aromatic heterocycles. The number of methoxy groups -OCH3 is 1. The third-order valence-corrected chi connectivity index (χ3v) is 8.39. The molecule has 2 aromatic carbocycles. The fourth-order valence-corrected chi connectivity index (χ4v) is 5.15. The van der Waals surface area contributed by atoms with Gasteiger partial charge in [0, 0.05) is 44.4 Å². The van der Waals surface area contributed by atoms with E-state index in [4.69, 9.17) is 24.9 Å². The smallest absolute Gasteiger partial charge is 0.411 e. The molecule has 2 amide bonds. The van der Waals surface area contributed by atoms with Crippen molar-refractivity contribution in [3.05, 3.63) is 66.1 Å². The Morgan fingerprint density at radius 1 is 1.02 bits per heavy atom. The summed E-state index contributed by atoms with van der Waals surface area (Å²) in [7, 11) is 0.00243. The van der Waals surface area contributed by atoms with Gasteiger partial charge < -0.3 is 34.6 Å². The number of hydrogen-bond acceptors (Lipinski definition) is 8. The van der Waals surface area contributed by atoms with Crippen LogP contribution in [0.4, 0.5) is 21.0 Å². The summed E-state index contributed by atoms with van der Waals surface area (Å²) in [5, 5.41) is 5.65. The van der Waals surface area contributed by atoms with Gasteiger partial charge in [-0.3, -0.25) is 5.32 Å². The van der Waals surface area contributed by atoms with Gasteiger partial charge in [0.15, 0.2) is 0 Å². The van der Waals surface area contributed by atoms with Gasteiger partial charge in [-0.2, -0.15) is 0 Å². The topological polar surface area (TPSA) is 139 Å². The first kappa shape index (κ1) is 35.6. The van der Waals surface area contributed by atoms with E-state index >= 15 is 0 Å². The Balaban J connectivity index is 1.87. The second-order valence-corrected chi connectivity index (χ2v) is 18.7. The van der Waals surface area contributed by atoms with Crippen LogP contribution in [0.3, 0.4) is 0 Å². The molecule has 12 heteroatoms. The second kappa shape index (κ2) is 16.4. The highest BCUT2D eigenvalue weighted by Gasteiger charge is 2.25. The summed E-state index contributed by atoms with van der Waals surface area (Å²) in [6.45, 7) is 14.3. The van der Waals surface area contributed by atoms with Crippen LogP contribution < -0.4 is 16.4 Å². The van der Waals surface area contributed by atoms with E-state index in [-0.39, 0.29) is 6.73 Å². The molecule has 1 unspecified atom stereocenters. The molecule has 0 bridgehead atoms. The molecule has 0 fully saturated rings. The molecule has 1 atom stereocenters. The summed E-state index contributed by atoms with van der Waals surface area (Å²) in [5.41, 5.74) is 9.05. The third-order valence-electron chi connectivity index (χ3n) is 6.69. The lowest BCUT2D eigenvalue weighted by molar-refractivity contribution is 0.0481. The quantitative estimate of drug-likeness (QED) is 0.0903. The van der Waals surface area contributed by atoms with E-state index in [2.05, 4.69) is 35.0 Å². The lowest BCUT2D eigenvalue weighted by Gasteiger charge is -2.24. The van der Waals surface area contributed by atoms with Crippen LogP contribution in [0.5, 0.6) is 0 Å². The molecule has 0 saturated heterocycles. The summed E-state index contributed by atoms with van der Waals surface area (Å²) >= 11 is 0. The maximum absolute atomic E-state index is 13.0. The summed E-state index contributed by atoms with van der Waals surface area (Å²) in [6.07, 6.45) is 1.97. The first-order valence-electron chi connectivity index (χ1n) is 15.2. The number of anilines is 2. The summed E-state index contributed by atoms with van der Waals surface area (Å²) in [6, 6.07) is 15.7. The van der Waals surface area contributed by atoms with Gasteiger partial charge in [0.2, 0.25) is 0 Å². The SMILES string of the molecule is COC(=O)Nc1ccc(-c2cn(COCC[Si](C)(C)C)c(C(CCCOCc3ccccc3)NC(=O)OC(C)(C)C)n2)c(N)c1. The number of carbonyl (C=O) groups is 2. The van der Waals surface area contributed by atoms with Crippen LogP contribution in [0, 0.1) is 0 Å². The molecule has 0 aliphatic carbocycles. The van der Waals surface area contributed by atoms with E-state index in [1.54, 1.807) is 18.2 Å². The number of alkyl carbamates (subject to hydrolysis) is 1. The average Bonchev–Trinajstić information content (AvgIpc) is 3.37. The van der Waals surface area contributed by atoms with Gasteiger partial charge in [0.05, 0.1) is 25.5 Å². The van der Waals surface area contributed by atoms with E-state index in [9.17, 15) is 9.59 Å². The molecular formula is C33H49N5O6Si. The molecule has 1 heterocycles. The van der Waals surface area contributed by atoms with Crippen LogP contribution in [-0.2, 0) is 32.3 Å². The lowest BCUT2D eigenvalue weighted by Crippen LogP contribution is -2.36. The normalized spacial score (nSPS) is 12.4. The molecular weight excluding hydrogens is 590 g/mol. The fraction of sp³-hybridized carbons (Fsp3) is 0.485. The highest BCUT2D eigenvalue weighted by Crippen LogP contribution is 2.31. The molecule has 246 valence electrons. The molecule has 0 aliphatic rings. The molecule has 4 N–H and O–H groups in total.